The number of nitrogens with one attached hydrogen (secondary N) is 7. The lowest BCUT2D eigenvalue weighted by Crippen LogP contribution is -2.59. The molecular formula is C68H90FN11O11. The number of nitrogens with two attached hydrogens (primary N) is 1. The summed E-state index contributed by atoms with van der Waals surface area (Å²) in [5.41, 5.74) is 10.7. The van der Waals surface area contributed by atoms with Crippen molar-refractivity contribution in [2.24, 2.45) is 5.73 Å². The molecule has 4 aromatic carbocycles. The third kappa shape index (κ3) is 20.4. The van der Waals surface area contributed by atoms with Gasteiger partial charge in [0.2, 0.25) is 53.2 Å². The van der Waals surface area contributed by atoms with Crippen LogP contribution in [0.1, 0.15) is 119 Å². The molecule has 5 aromatic rings. The number of ether oxygens (including phenoxy) is 2. The van der Waals surface area contributed by atoms with Crippen LogP contribution in [-0.2, 0) is 93.2 Å². The first-order valence-corrected chi connectivity index (χ1v) is 31.6. The Bertz CT molecular complexity index is 3340. The Morgan fingerprint density at radius 2 is 1.51 bits per heavy atom. The molecule has 6 atom stereocenters. The number of likely N-dealkylation sites (tertiary alicyclic amines) is 1. The van der Waals surface area contributed by atoms with Gasteiger partial charge in [0.1, 0.15) is 41.8 Å². The quantitative estimate of drug-likeness (QED) is 0.0573. The average Bonchev–Trinajstić information content (AvgIpc) is 1.77. The first-order chi connectivity index (χ1) is 43.7. The number of halogens is 1. The van der Waals surface area contributed by atoms with Crippen LogP contribution in [0.15, 0.2) is 97.2 Å². The van der Waals surface area contributed by atoms with Gasteiger partial charge in [-0.25, -0.2) is 4.39 Å². The molecule has 0 aliphatic carbocycles. The number of methoxy groups -OCH3 is 1. The van der Waals surface area contributed by atoms with Gasteiger partial charge in [-0.1, -0.05) is 80.4 Å². The fourth-order valence-corrected chi connectivity index (χ4v) is 11.4. The van der Waals surface area contributed by atoms with Crippen molar-refractivity contribution < 1.29 is 57.0 Å². The lowest BCUT2D eigenvalue weighted by Gasteiger charge is -2.35. The maximum Gasteiger partial charge on any atom is 0.246 e. The first-order valence-electron chi connectivity index (χ1n) is 31.6. The zero-order chi connectivity index (χ0) is 65.6. The summed E-state index contributed by atoms with van der Waals surface area (Å²) >= 11 is 0. The molecule has 1 aromatic heterocycles. The second-order valence-corrected chi connectivity index (χ2v) is 23.9. The Labute approximate surface area is 532 Å². The van der Waals surface area contributed by atoms with Gasteiger partial charge in [-0.05, 0) is 129 Å². The maximum atomic E-state index is 15.0. The van der Waals surface area contributed by atoms with Crippen LogP contribution >= 0.6 is 0 Å². The molecular weight excluding hydrogens is 1170 g/mol. The molecule has 3 heterocycles. The van der Waals surface area contributed by atoms with E-state index >= 15 is 4.39 Å². The number of carbonyl (C=O) groups excluding carboxylic acids is 9. The van der Waals surface area contributed by atoms with Crippen molar-refractivity contribution in [3.8, 4) is 5.75 Å². The van der Waals surface area contributed by atoms with Crippen molar-refractivity contribution in [1.29, 1.82) is 0 Å². The van der Waals surface area contributed by atoms with Crippen molar-refractivity contribution in [2.45, 2.75) is 167 Å². The van der Waals surface area contributed by atoms with Crippen LogP contribution in [-0.4, -0.2) is 150 Å². The summed E-state index contributed by atoms with van der Waals surface area (Å²) in [4.78, 5) is 126. The maximum absolute atomic E-state index is 15.0. The van der Waals surface area contributed by atoms with Gasteiger partial charge in [0.15, 0.2) is 0 Å². The Kier molecular flexibility index (Phi) is 26.0. The van der Waals surface area contributed by atoms with Gasteiger partial charge in [0, 0.05) is 89.1 Å². The van der Waals surface area contributed by atoms with Gasteiger partial charge in [-0.15, -0.1) is 0 Å². The van der Waals surface area contributed by atoms with Crippen LogP contribution in [0.25, 0.3) is 10.9 Å². The van der Waals surface area contributed by atoms with Crippen molar-refractivity contribution in [3.05, 3.63) is 136 Å². The molecule has 1 saturated heterocycles. The summed E-state index contributed by atoms with van der Waals surface area (Å²) in [5, 5.41) is 19.7. The van der Waals surface area contributed by atoms with Gasteiger partial charge in [0.05, 0.1) is 25.8 Å². The summed E-state index contributed by atoms with van der Waals surface area (Å²) < 4.78 is 27.8. The Morgan fingerprint density at radius 3 is 2.23 bits per heavy atom. The number of hydrogen-bond donors (Lipinski definition) is 8. The molecule has 7 rings (SSSR count). The van der Waals surface area contributed by atoms with E-state index in [9.17, 15) is 43.2 Å². The summed E-state index contributed by atoms with van der Waals surface area (Å²) in [6.07, 6.45) is 6.95. The zero-order valence-electron chi connectivity index (χ0n) is 53.3. The van der Waals surface area contributed by atoms with Gasteiger partial charge >= 0.3 is 0 Å². The molecule has 91 heavy (non-hydrogen) atoms. The Hall–Kier alpha value is -8.70. The molecule has 2 aliphatic rings. The lowest BCUT2D eigenvalue weighted by atomic mass is 9.96. The van der Waals surface area contributed by atoms with Crippen molar-refractivity contribution >= 4 is 64.1 Å². The number of rotatable bonds is 19. The molecule has 0 saturated carbocycles. The van der Waals surface area contributed by atoms with E-state index in [1.807, 2.05) is 73.1 Å². The van der Waals surface area contributed by atoms with E-state index in [-0.39, 0.29) is 75.1 Å². The van der Waals surface area contributed by atoms with Crippen molar-refractivity contribution in [3.63, 3.8) is 0 Å². The molecule has 0 radical (unpaired) electrons. The number of fused-ring (bicyclic) bond motifs is 5. The highest BCUT2D eigenvalue weighted by atomic mass is 19.1. The minimum Gasteiger partial charge on any atom is -0.497 e. The molecule has 1 fully saturated rings. The highest BCUT2D eigenvalue weighted by Gasteiger charge is 2.46. The summed E-state index contributed by atoms with van der Waals surface area (Å²) in [5.74, 6) is -4.13. The molecule has 22 nitrogen and oxygen atoms in total. The van der Waals surface area contributed by atoms with Gasteiger partial charge in [-0.3, -0.25) is 43.2 Å². The number of carbonyl (C=O) groups is 9. The van der Waals surface area contributed by atoms with E-state index in [4.69, 9.17) is 15.2 Å². The number of aromatic nitrogens is 1. The number of nitrogens with zero attached hydrogens (tertiary/aromatic N) is 3. The van der Waals surface area contributed by atoms with E-state index in [2.05, 4.69) is 37.2 Å². The molecule has 9 N–H and O–H groups in total. The Morgan fingerprint density at radius 1 is 0.791 bits per heavy atom. The first kappa shape index (κ1) is 69.8. The molecule has 0 spiro atoms. The van der Waals surface area contributed by atoms with Crippen LogP contribution in [0.5, 0.6) is 5.75 Å². The minimum absolute atomic E-state index is 0.0354. The van der Waals surface area contributed by atoms with Crippen molar-refractivity contribution in [2.75, 3.05) is 46.9 Å². The number of amides is 9. The second kappa shape index (κ2) is 33.9. The monoisotopic (exact) mass is 1260 g/mol. The molecule has 2 aliphatic heterocycles. The fourth-order valence-electron chi connectivity index (χ4n) is 11.4. The third-order valence-corrected chi connectivity index (χ3v) is 17.0. The normalized spacial score (nSPS) is 20.1. The van der Waals surface area contributed by atoms with E-state index in [1.165, 1.54) is 26.1 Å². The van der Waals surface area contributed by atoms with E-state index < -0.39 is 71.6 Å². The molecule has 2 bridgehead atoms. The van der Waals surface area contributed by atoms with Crippen molar-refractivity contribution in [1.82, 2.24) is 51.6 Å². The second-order valence-electron chi connectivity index (χ2n) is 23.9. The van der Waals surface area contributed by atoms with Gasteiger partial charge < -0.3 is 66.8 Å². The highest BCUT2D eigenvalue weighted by molar-refractivity contribution is 5.96. The van der Waals surface area contributed by atoms with Gasteiger partial charge in [0.25, 0.3) is 0 Å². The SMILES string of the molecule is CC[C@@H](C)OCC(=O)NCc1cccc(C[C@@H]2NC(=O)CNC(=O)[C@H](C)NC(=O)CCC(=O)N(Cc3ccc(CCNC(=O)[C@]4(C)CCCN4C(=O)[C@@H](N)Cc4ccc(OC)cc4)cc3)CCCCCCn3cc(c4cc(F)ccc43)C[C@@H](C(=O)NC)NC2=O)c1. The summed E-state index contributed by atoms with van der Waals surface area (Å²) in [6.45, 7) is 8.46. The third-order valence-electron chi connectivity index (χ3n) is 17.0. The van der Waals surface area contributed by atoms with E-state index in [0.717, 1.165) is 47.9 Å². The average molecular weight is 1260 g/mol. The number of benzene rings is 4. The van der Waals surface area contributed by atoms with Gasteiger partial charge in [-0.2, -0.15) is 0 Å². The molecule has 0 unspecified atom stereocenters. The van der Waals surface area contributed by atoms with Crippen LogP contribution in [0.4, 0.5) is 4.39 Å². The van der Waals surface area contributed by atoms with E-state index in [1.54, 1.807) is 54.2 Å². The van der Waals surface area contributed by atoms with Crippen LogP contribution in [0.3, 0.4) is 0 Å². The summed E-state index contributed by atoms with van der Waals surface area (Å²) in [7, 11) is 3.02. The van der Waals surface area contributed by atoms with Crippen LogP contribution in [0, 0.1) is 5.82 Å². The highest BCUT2D eigenvalue weighted by Crippen LogP contribution is 2.31. The topological polar surface area (TPSA) is 294 Å². The number of aryl methyl sites for hydroxylation is 1. The minimum atomic E-state index is -1.29. The predicted molar refractivity (Wildman–Crippen MR) is 342 cm³/mol. The number of likely N-dealkylation sites (N-methyl/N-ethyl adjacent to an activating group) is 1. The van der Waals surface area contributed by atoms with E-state index in [0.29, 0.717) is 86.1 Å². The molecule has 23 heteroatoms. The molecule has 490 valence electrons. The fraction of sp³-hybridized carbons (Fsp3) is 0.485. The predicted octanol–water partition coefficient (Wildman–Crippen LogP) is 4.33. The zero-order valence-corrected chi connectivity index (χ0v) is 53.3. The number of hydrogen-bond acceptors (Lipinski definition) is 12. The standard InChI is InChI=1S/C68H90FN11O11/c1-7-44(2)91-43-61(83)73-39-50-15-12-14-49(34-50)36-56-65(87)77-57(64(86)71-5)37-51-42-78(58-25-22-52(69)38-54(51)58)31-10-8-9-11-32-79(62(84)27-26-59(81)75-45(3)63(85)74-40-60(82)76-56)41-48-18-16-46(17-19-48)28-30-72-67(89)68(4)29-13-33-80(68)66(88)55(70)35-47-20-23-53(90-6)24-21-47/h12,14-25,34,38,42,44-45,55-57H,7-11,13,26-33,35-37,39-41,43,70H2,1-6H3,(H,71,86)(H,72,89)(H,73,83)(H,74,85)(H,75,81)(H,76,82)(H,77,87)/t44-,45+,55+,56+,57+,68+/m1/s1. The summed E-state index contributed by atoms with van der Waals surface area (Å²) in [6, 6.07) is 22.2. The van der Waals surface area contributed by atoms with Crippen LogP contribution < -0.4 is 47.7 Å². The largest absolute Gasteiger partial charge is 0.497 e. The molecule has 9 amide bonds. The van der Waals surface area contributed by atoms with Crippen LogP contribution in [0.2, 0.25) is 0 Å². The Balaban J connectivity index is 1.01. The smallest absolute Gasteiger partial charge is 0.246 e. The lowest BCUT2D eigenvalue weighted by molar-refractivity contribution is -0.144.